The van der Waals surface area contributed by atoms with E-state index in [0.29, 0.717) is 0 Å². The van der Waals surface area contributed by atoms with Crippen molar-refractivity contribution in [1.29, 1.82) is 0 Å². The molecule has 0 heterocycles. The Hall–Kier alpha value is -2.95. The maximum absolute atomic E-state index is 12.1. The van der Waals surface area contributed by atoms with E-state index in [1.165, 1.54) is 13.8 Å². The van der Waals surface area contributed by atoms with Crippen molar-refractivity contribution in [3.05, 3.63) is 12.2 Å². The van der Waals surface area contributed by atoms with Gasteiger partial charge in [-0.1, -0.05) is 0 Å². The number of hydrogen-bond donors (Lipinski definition) is 5. The number of hydrogen-bond acceptors (Lipinski definition) is 7. The van der Waals surface area contributed by atoms with Crippen molar-refractivity contribution >= 4 is 29.7 Å². The third-order valence-corrected chi connectivity index (χ3v) is 2.83. The summed E-state index contributed by atoms with van der Waals surface area (Å²) in [5.41, 5.74) is 5.40. The number of nitrogens with one attached hydrogen (secondary N) is 3. The molecule has 11 heteroatoms. The van der Waals surface area contributed by atoms with Gasteiger partial charge in [0.15, 0.2) is 0 Å². The molecule has 6 N–H and O–H groups in total. The second kappa shape index (κ2) is 10.8. The van der Waals surface area contributed by atoms with Crippen LogP contribution in [0.4, 0.5) is 0 Å². The minimum absolute atomic E-state index is 0.346. The topological polar surface area (TPSA) is 177 Å². The lowest BCUT2D eigenvalue weighted by Crippen LogP contribution is -2.57. The molecule has 0 spiro atoms. The third-order valence-electron chi connectivity index (χ3n) is 2.83. The van der Waals surface area contributed by atoms with Gasteiger partial charge in [0.05, 0.1) is 13.2 Å². The number of amides is 3. The van der Waals surface area contributed by atoms with E-state index in [1.54, 1.807) is 0 Å². The molecular weight excluding hydrogens is 336 g/mol. The van der Waals surface area contributed by atoms with Crippen LogP contribution in [0.25, 0.3) is 0 Å². The normalized spacial score (nSPS) is 14.1. The fraction of sp³-hybridized carbons (Fsp3) is 0.500. The summed E-state index contributed by atoms with van der Waals surface area (Å²) in [4.78, 5) is 57.0. The molecule has 0 aliphatic carbocycles. The van der Waals surface area contributed by atoms with Crippen LogP contribution >= 0.6 is 0 Å². The number of esters is 1. The monoisotopic (exact) mass is 358 g/mol. The predicted octanol–water partition coefficient (Wildman–Crippen LogP) is -2.75. The average molecular weight is 358 g/mol. The Labute approximate surface area is 143 Å². The van der Waals surface area contributed by atoms with Crippen LogP contribution in [-0.2, 0) is 28.7 Å². The van der Waals surface area contributed by atoms with Gasteiger partial charge in [-0.3, -0.25) is 19.2 Å². The molecule has 0 aliphatic heterocycles. The number of carbonyl (C=O) groups is 5. The highest BCUT2D eigenvalue weighted by molar-refractivity contribution is 5.95. The van der Waals surface area contributed by atoms with E-state index in [1.807, 2.05) is 0 Å². The summed E-state index contributed by atoms with van der Waals surface area (Å²) in [6, 6.07) is -3.37. The quantitative estimate of drug-likeness (QED) is 0.217. The first-order valence-corrected chi connectivity index (χ1v) is 7.21. The number of carboxylic acids is 1. The van der Waals surface area contributed by atoms with Crippen LogP contribution in [0.2, 0.25) is 0 Å². The molecule has 0 radical (unpaired) electrons. The van der Waals surface area contributed by atoms with E-state index in [9.17, 15) is 24.0 Å². The minimum atomic E-state index is -1.27. The van der Waals surface area contributed by atoms with Crippen molar-refractivity contribution in [3.63, 3.8) is 0 Å². The number of carboxylic acid groups (broad SMARTS) is 1. The summed E-state index contributed by atoms with van der Waals surface area (Å²) < 4.78 is 4.31. The summed E-state index contributed by atoms with van der Waals surface area (Å²) in [7, 11) is 1.14. The van der Waals surface area contributed by atoms with Gasteiger partial charge >= 0.3 is 11.9 Å². The second-order valence-electron chi connectivity index (χ2n) is 5.02. The minimum Gasteiger partial charge on any atom is -0.480 e. The fourth-order valence-electron chi connectivity index (χ4n) is 1.36. The largest absolute Gasteiger partial charge is 0.480 e. The van der Waals surface area contributed by atoms with Gasteiger partial charge in [0.25, 0.3) is 0 Å². The lowest BCUT2D eigenvalue weighted by atomic mass is 10.2. The van der Waals surface area contributed by atoms with Crippen molar-refractivity contribution in [2.75, 3.05) is 13.7 Å². The molecule has 25 heavy (non-hydrogen) atoms. The van der Waals surface area contributed by atoms with Gasteiger partial charge in [-0.2, -0.15) is 0 Å². The highest BCUT2D eigenvalue weighted by atomic mass is 16.5. The Morgan fingerprint density at radius 2 is 1.68 bits per heavy atom. The second-order valence-corrected chi connectivity index (χ2v) is 5.02. The van der Waals surface area contributed by atoms with Gasteiger partial charge in [0.2, 0.25) is 17.7 Å². The van der Waals surface area contributed by atoms with Crippen molar-refractivity contribution < 1.29 is 33.8 Å². The molecule has 0 aromatic carbocycles. The molecule has 0 rings (SSSR count). The molecule has 0 saturated heterocycles. The molecule has 0 saturated carbocycles. The number of ether oxygens (including phenoxy) is 1. The van der Waals surface area contributed by atoms with Gasteiger partial charge in [-0.15, -0.1) is 0 Å². The fourth-order valence-corrected chi connectivity index (χ4v) is 1.36. The SMILES string of the molecule is COC(=O)/C=C/C(=O)NC[C@H](NC(=O)[C@H](C)N)C(=O)N[C@@H](C)C(=O)O. The van der Waals surface area contributed by atoms with Crippen LogP contribution in [0.3, 0.4) is 0 Å². The molecule has 3 atom stereocenters. The van der Waals surface area contributed by atoms with E-state index >= 15 is 0 Å². The van der Waals surface area contributed by atoms with Crippen LogP contribution in [0.15, 0.2) is 12.2 Å². The number of methoxy groups -OCH3 is 1. The van der Waals surface area contributed by atoms with E-state index < -0.39 is 47.8 Å². The molecule has 140 valence electrons. The van der Waals surface area contributed by atoms with Gasteiger partial charge in [-0.25, -0.2) is 4.79 Å². The molecule has 0 bridgehead atoms. The summed E-state index contributed by atoms with van der Waals surface area (Å²) in [5.74, 6) is -4.21. The highest BCUT2D eigenvalue weighted by Crippen LogP contribution is 1.90. The molecule has 0 aromatic heterocycles. The van der Waals surface area contributed by atoms with Crippen molar-refractivity contribution in [2.45, 2.75) is 32.0 Å². The summed E-state index contributed by atoms with van der Waals surface area (Å²) in [5, 5.41) is 15.6. The zero-order chi connectivity index (χ0) is 19.6. The molecule has 11 nitrogen and oxygen atoms in total. The van der Waals surface area contributed by atoms with Crippen LogP contribution in [-0.4, -0.2) is 66.5 Å². The van der Waals surface area contributed by atoms with Crippen LogP contribution in [0.5, 0.6) is 0 Å². The Kier molecular flexibility index (Phi) is 9.49. The molecule has 0 aliphatic rings. The number of aliphatic carboxylic acids is 1. The lowest BCUT2D eigenvalue weighted by molar-refractivity contribution is -0.141. The Morgan fingerprint density at radius 3 is 2.16 bits per heavy atom. The first-order valence-electron chi connectivity index (χ1n) is 7.21. The predicted molar refractivity (Wildman–Crippen MR) is 85.0 cm³/mol. The van der Waals surface area contributed by atoms with E-state index in [0.717, 1.165) is 19.3 Å². The number of nitrogens with two attached hydrogens (primary N) is 1. The first-order chi connectivity index (χ1) is 11.6. The summed E-state index contributed by atoms with van der Waals surface area (Å²) in [6.45, 7) is 2.28. The molecule has 0 unspecified atom stereocenters. The lowest BCUT2D eigenvalue weighted by Gasteiger charge is -2.21. The molecule has 0 aromatic rings. The Bertz CT molecular complexity index is 559. The van der Waals surface area contributed by atoms with Gasteiger partial charge in [0, 0.05) is 18.7 Å². The Morgan fingerprint density at radius 1 is 1.08 bits per heavy atom. The number of carbonyl (C=O) groups excluding carboxylic acids is 4. The Balaban J connectivity index is 4.89. The first kappa shape index (κ1) is 22.1. The summed E-state index contributed by atoms with van der Waals surface area (Å²) in [6.07, 6.45) is 1.76. The van der Waals surface area contributed by atoms with Gasteiger partial charge < -0.3 is 31.5 Å². The smallest absolute Gasteiger partial charge is 0.330 e. The van der Waals surface area contributed by atoms with Crippen molar-refractivity contribution in [3.8, 4) is 0 Å². The van der Waals surface area contributed by atoms with E-state index in [2.05, 4.69) is 20.7 Å². The average Bonchev–Trinajstić information content (AvgIpc) is 2.55. The zero-order valence-electron chi connectivity index (χ0n) is 14.1. The number of rotatable bonds is 9. The van der Waals surface area contributed by atoms with Crippen LogP contribution < -0.4 is 21.7 Å². The maximum atomic E-state index is 12.1. The molecular formula is C14H22N4O7. The van der Waals surface area contributed by atoms with Gasteiger partial charge in [-0.05, 0) is 13.8 Å². The van der Waals surface area contributed by atoms with Crippen LogP contribution in [0.1, 0.15) is 13.8 Å². The van der Waals surface area contributed by atoms with Crippen LogP contribution in [0, 0.1) is 0 Å². The molecule has 0 fully saturated rings. The standard InChI is InChI=1S/C14H22N4O7/c1-7(15)12(21)18-9(13(22)17-8(2)14(23)24)6-16-10(19)4-5-11(20)25-3/h4-5,7-9H,6,15H2,1-3H3,(H,16,19)(H,17,22)(H,18,21)(H,23,24)/b5-4+/t7-,8-,9-/m0/s1. The van der Waals surface area contributed by atoms with E-state index in [4.69, 9.17) is 10.8 Å². The van der Waals surface area contributed by atoms with Crippen molar-refractivity contribution in [1.82, 2.24) is 16.0 Å². The highest BCUT2D eigenvalue weighted by Gasteiger charge is 2.25. The summed E-state index contributed by atoms with van der Waals surface area (Å²) >= 11 is 0. The van der Waals surface area contributed by atoms with Gasteiger partial charge in [0.1, 0.15) is 12.1 Å². The van der Waals surface area contributed by atoms with Crippen molar-refractivity contribution in [2.24, 2.45) is 5.73 Å². The van der Waals surface area contributed by atoms with E-state index in [-0.39, 0.29) is 6.54 Å². The maximum Gasteiger partial charge on any atom is 0.330 e. The zero-order valence-corrected chi connectivity index (χ0v) is 14.1. The third kappa shape index (κ3) is 9.05. The molecule has 3 amide bonds.